The highest BCUT2D eigenvalue weighted by molar-refractivity contribution is 14.1. The number of alkyl halides is 1. The van der Waals surface area contributed by atoms with Crippen LogP contribution in [0, 0.1) is 23.2 Å². The minimum atomic E-state index is 0.423. The van der Waals surface area contributed by atoms with E-state index in [2.05, 4.69) is 78.1 Å². The fraction of sp³-hybridized carbons (Fsp3) is 0.750. The Morgan fingerprint density at radius 3 is 2.72 bits per heavy atom. The quantitative estimate of drug-likeness (QED) is 0.307. The third-order valence-electron chi connectivity index (χ3n) is 5.61. The summed E-state index contributed by atoms with van der Waals surface area (Å²) in [5.41, 5.74) is 2.19. The average Bonchev–Trinajstić information content (AvgIpc) is 2.47. The molecule has 0 aromatic rings. The van der Waals surface area contributed by atoms with Crippen LogP contribution in [-0.4, -0.2) is 3.42 Å². The monoisotopic (exact) mass is 468 g/mol. The third kappa shape index (κ3) is 2.13. The second-order valence-electron chi connectivity index (χ2n) is 7.18. The SMILES string of the molecule is CC1(I)CCC2C3CC=C(I)C=C3C(C)(C)C2C1. The van der Waals surface area contributed by atoms with Crippen LogP contribution < -0.4 is 0 Å². The van der Waals surface area contributed by atoms with Crippen LogP contribution in [0.15, 0.2) is 21.3 Å². The summed E-state index contributed by atoms with van der Waals surface area (Å²) in [4.78, 5) is 0. The molecular formula is C16H22I2. The first-order valence-corrected chi connectivity index (χ1v) is 9.24. The predicted molar refractivity (Wildman–Crippen MR) is 95.3 cm³/mol. The van der Waals surface area contributed by atoms with Gasteiger partial charge in [0.2, 0.25) is 0 Å². The smallest absolute Gasteiger partial charge is 0.0197 e. The largest absolute Gasteiger partial charge is 0.0792 e. The Hall–Kier alpha value is 0.940. The average molecular weight is 468 g/mol. The molecule has 0 amide bonds. The van der Waals surface area contributed by atoms with Gasteiger partial charge >= 0.3 is 0 Å². The van der Waals surface area contributed by atoms with E-state index in [4.69, 9.17) is 0 Å². The molecule has 0 radical (unpaired) electrons. The molecule has 0 saturated heterocycles. The van der Waals surface area contributed by atoms with E-state index >= 15 is 0 Å². The van der Waals surface area contributed by atoms with Crippen LogP contribution in [0.2, 0.25) is 0 Å². The van der Waals surface area contributed by atoms with Crippen molar-refractivity contribution in [3.8, 4) is 0 Å². The second kappa shape index (κ2) is 4.47. The molecule has 3 aliphatic rings. The maximum absolute atomic E-state index is 2.71. The zero-order valence-corrected chi connectivity index (χ0v) is 15.8. The first-order valence-electron chi connectivity index (χ1n) is 7.08. The fourth-order valence-corrected chi connectivity index (χ4v) is 5.99. The number of fused-ring (bicyclic) bond motifs is 3. The summed E-state index contributed by atoms with van der Waals surface area (Å²) >= 11 is 5.20. The van der Waals surface area contributed by atoms with Gasteiger partial charge in [-0.1, -0.05) is 55.0 Å². The highest BCUT2D eigenvalue weighted by atomic mass is 127. The molecule has 2 heteroatoms. The molecule has 18 heavy (non-hydrogen) atoms. The van der Waals surface area contributed by atoms with E-state index < -0.39 is 0 Å². The van der Waals surface area contributed by atoms with Crippen molar-refractivity contribution in [3.63, 3.8) is 0 Å². The van der Waals surface area contributed by atoms with Crippen molar-refractivity contribution in [1.29, 1.82) is 0 Å². The normalized spacial score (nSPS) is 45.9. The summed E-state index contributed by atoms with van der Waals surface area (Å²) < 4.78 is 1.99. The van der Waals surface area contributed by atoms with Gasteiger partial charge in [-0.05, 0) is 77.5 Å². The Kier molecular flexibility index (Phi) is 3.45. The molecule has 0 aliphatic heterocycles. The molecule has 100 valence electrons. The van der Waals surface area contributed by atoms with Crippen molar-refractivity contribution in [2.24, 2.45) is 23.2 Å². The molecule has 0 nitrogen and oxygen atoms in total. The number of allylic oxidation sites excluding steroid dienone is 4. The number of halogens is 2. The number of rotatable bonds is 0. The Morgan fingerprint density at radius 2 is 2.00 bits per heavy atom. The van der Waals surface area contributed by atoms with E-state index in [1.165, 1.54) is 29.3 Å². The zero-order valence-electron chi connectivity index (χ0n) is 11.5. The van der Waals surface area contributed by atoms with Crippen LogP contribution in [0.1, 0.15) is 46.5 Å². The van der Waals surface area contributed by atoms with Crippen molar-refractivity contribution >= 4 is 45.2 Å². The van der Waals surface area contributed by atoms with Crippen LogP contribution in [0.4, 0.5) is 0 Å². The van der Waals surface area contributed by atoms with Gasteiger partial charge < -0.3 is 0 Å². The van der Waals surface area contributed by atoms with E-state index in [9.17, 15) is 0 Å². The minimum Gasteiger partial charge on any atom is -0.0792 e. The first-order chi connectivity index (χ1) is 8.31. The predicted octanol–water partition coefficient (Wildman–Crippen LogP) is 5.90. The topological polar surface area (TPSA) is 0 Å². The highest BCUT2D eigenvalue weighted by Crippen LogP contribution is 2.63. The maximum Gasteiger partial charge on any atom is 0.0197 e. The van der Waals surface area contributed by atoms with Gasteiger partial charge in [0, 0.05) is 7.00 Å². The van der Waals surface area contributed by atoms with Gasteiger partial charge in [-0.3, -0.25) is 0 Å². The van der Waals surface area contributed by atoms with Crippen molar-refractivity contribution in [2.45, 2.75) is 49.9 Å². The molecule has 0 heterocycles. The van der Waals surface area contributed by atoms with E-state index in [1.807, 2.05) is 0 Å². The summed E-state index contributed by atoms with van der Waals surface area (Å²) in [6.45, 7) is 7.46. The van der Waals surface area contributed by atoms with Gasteiger partial charge in [-0.15, -0.1) is 0 Å². The summed E-state index contributed by atoms with van der Waals surface area (Å²) in [5.74, 6) is 2.71. The minimum absolute atomic E-state index is 0.423. The molecular weight excluding hydrogens is 446 g/mol. The van der Waals surface area contributed by atoms with Crippen molar-refractivity contribution in [1.82, 2.24) is 0 Å². The molecule has 2 saturated carbocycles. The van der Waals surface area contributed by atoms with Crippen molar-refractivity contribution in [2.75, 3.05) is 0 Å². The lowest BCUT2D eigenvalue weighted by Gasteiger charge is -2.41. The van der Waals surface area contributed by atoms with Gasteiger partial charge in [0.1, 0.15) is 0 Å². The third-order valence-corrected chi connectivity index (χ3v) is 7.34. The van der Waals surface area contributed by atoms with Gasteiger partial charge in [0.05, 0.1) is 0 Å². The van der Waals surface area contributed by atoms with E-state index in [0.29, 0.717) is 8.84 Å². The Labute approximate surface area is 138 Å². The first kappa shape index (κ1) is 13.9. The second-order valence-corrected chi connectivity index (χ2v) is 11.0. The molecule has 0 spiro atoms. The molecule has 0 aromatic heterocycles. The van der Waals surface area contributed by atoms with Crippen LogP contribution in [0.5, 0.6) is 0 Å². The molecule has 0 bridgehead atoms. The summed E-state index contributed by atoms with van der Waals surface area (Å²) in [5, 5.41) is 0. The van der Waals surface area contributed by atoms with Crippen molar-refractivity contribution < 1.29 is 0 Å². The number of hydrogen-bond acceptors (Lipinski definition) is 0. The molecule has 0 N–H and O–H groups in total. The lowest BCUT2D eigenvalue weighted by molar-refractivity contribution is 0.146. The van der Waals surface area contributed by atoms with Gasteiger partial charge in [-0.25, -0.2) is 0 Å². The molecule has 4 atom stereocenters. The molecule has 3 aliphatic carbocycles. The Morgan fingerprint density at radius 1 is 1.28 bits per heavy atom. The van der Waals surface area contributed by atoms with E-state index in [1.54, 1.807) is 5.57 Å². The van der Waals surface area contributed by atoms with Crippen molar-refractivity contribution in [3.05, 3.63) is 21.3 Å². The van der Waals surface area contributed by atoms with E-state index in [-0.39, 0.29) is 0 Å². The summed E-state index contributed by atoms with van der Waals surface area (Å²) in [6, 6.07) is 0. The summed E-state index contributed by atoms with van der Waals surface area (Å²) in [6.07, 6.45) is 10.5. The van der Waals surface area contributed by atoms with Crippen LogP contribution in [-0.2, 0) is 0 Å². The van der Waals surface area contributed by atoms with E-state index in [0.717, 1.165) is 17.8 Å². The standard InChI is InChI=1S/C16H22I2/c1-15(2)13-8-10(17)4-5-11(13)12-6-7-16(3,18)9-14(12)15/h4,8,11-12,14H,5-7,9H2,1-3H3. The van der Waals surface area contributed by atoms with Crippen LogP contribution >= 0.6 is 45.2 Å². The lowest BCUT2D eigenvalue weighted by Crippen LogP contribution is -2.36. The highest BCUT2D eigenvalue weighted by Gasteiger charge is 2.54. The Balaban J connectivity index is 1.99. The molecule has 4 unspecified atom stereocenters. The Bertz CT molecular complexity index is 428. The van der Waals surface area contributed by atoms with Crippen LogP contribution in [0.3, 0.4) is 0 Å². The van der Waals surface area contributed by atoms with Gasteiger partial charge in [0.25, 0.3) is 0 Å². The summed E-state index contributed by atoms with van der Waals surface area (Å²) in [7, 11) is 0. The van der Waals surface area contributed by atoms with Gasteiger partial charge in [-0.2, -0.15) is 0 Å². The molecule has 3 rings (SSSR count). The number of hydrogen-bond donors (Lipinski definition) is 0. The molecule has 0 aromatic carbocycles. The maximum atomic E-state index is 2.71. The zero-order chi connectivity index (χ0) is 13.1. The van der Waals surface area contributed by atoms with Gasteiger partial charge in [0.15, 0.2) is 0 Å². The lowest BCUT2D eigenvalue weighted by atomic mass is 9.67. The van der Waals surface area contributed by atoms with Crippen LogP contribution in [0.25, 0.3) is 0 Å². The molecule has 2 fully saturated rings. The fourth-order valence-electron chi connectivity index (χ4n) is 4.62.